The molecular weight excluding hydrogens is 328 g/mol. The summed E-state index contributed by atoms with van der Waals surface area (Å²) >= 11 is 0. The van der Waals surface area contributed by atoms with Crippen LogP contribution in [0, 0.1) is 0 Å². The third-order valence-corrected chi connectivity index (χ3v) is 4.45. The maximum atomic E-state index is 11.8. The molecule has 0 bridgehead atoms. The number of pyridine rings is 1. The lowest BCUT2D eigenvalue weighted by molar-refractivity contribution is -0.129. The van der Waals surface area contributed by atoms with Crippen LogP contribution < -0.4 is 5.32 Å². The van der Waals surface area contributed by atoms with Gasteiger partial charge >= 0.3 is 0 Å². The predicted octanol–water partition coefficient (Wildman–Crippen LogP) is 1.81. The minimum absolute atomic E-state index is 0.0766. The van der Waals surface area contributed by atoms with E-state index in [0.717, 1.165) is 35.6 Å². The first kappa shape index (κ1) is 18.3. The summed E-state index contributed by atoms with van der Waals surface area (Å²) in [6, 6.07) is 4.08. The van der Waals surface area contributed by atoms with E-state index in [1.165, 1.54) is 0 Å². The SMILES string of the molecule is CC(=O)N1CCc2c(nc(-c3cccnc3)nc2NC(C)CN(C)C)C1. The molecule has 2 aromatic rings. The van der Waals surface area contributed by atoms with Gasteiger partial charge in [0.25, 0.3) is 0 Å². The zero-order chi connectivity index (χ0) is 18.7. The van der Waals surface area contributed by atoms with E-state index in [1.807, 2.05) is 17.0 Å². The maximum absolute atomic E-state index is 11.8. The summed E-state index contributed by atoms with van der Waals surface area (Å²) in [4.78, 5) is 29.5. The molecule has 3 rings (SSSR count). The van der Waals surface area contributed by atoms with Crippen molar-refractivity contribution in [2.45, 2.75) is 32.9 Å². The fourth-order valence-electron chi connectivity index (χ4n) is 3.27. The minimum atomic E-state index is 0.0766. The molecule has 0 saturated heterocycles. The molecule has 0 spiro atoms. The number of carbonyl (C=O) groups is 1. The lowest BCUT2D eigenvalue weighted by atomic mass is 10.0. The topological polar surface area (TPSA) is 74.2 Å². The van der Waals surface area contributed by atoms with Crippen LogP contribution in [-0.4, -0.2) is 63.9 Å². The highest BCUT2D eigenvalue weighted by Crippen LogP contribution is 2.27. The van der Waals surface area contributed by atoms with E-state index in [4.69, 9.17) is 9.97 Å². The Hall–Kier alpha value is -2.54. The third-order valence-electron chi connectivity index (χ3n) is 4.45. The maximum Gasteiger partial charge on any atom is 0.219 e. The molecule has 0 aliphatic carbocycles. The van der Waals surface area contributed by atoms with E-state index < -0.39 is 0 Å². The quantitative estimate of drug-likeness (QED) is 0.883. The van der Waals surface area contributed by atoms with Crippen LogP contribution in [0.15, 0.2) is 24.5 Å². The molecular formula is C19H26N6O. The molecule has 1 atom stereocenters. The number of likely N-dealkylation sites (N-methyl/N-ethyl adjacent to an activating group) is 1. The molecule has 7 nitrogen and oxygen atoms in total. The standard InChI is InChI=1S/C19H26N6O/c1-13(11-24(3)4)21-19-16-7-9-25(14(2)26)12-17(16)22-18(23-19)15-6-5-8-20-10-15/h5-6,8,10,13H,7,9,11-12H2,1-4H3,(H,21,22,23). The second-order valence-electron chi connectivity index (χ2n) is 7.06. The van der Waals surface area contributed by atoms with E-state index in [2.05, 4.69) is 36.2 Å². The number of nitrogens with one attached hydrogen (secondary N) is 1. The van der Waals surface area contributed by atoms with Gasteiger partial charge in [-0.3, -0.25) is 9.78 Å². The number of hydrogen-bond donors (Lipinski definition) is 1. The fraction of sp³-hybridized carbons (Fsp3) is 0.474. The molecule has 2 aromatic heterocycles. The van der Waals surface area contributed by atoms with Crippen LogP contribution in [0.5, 0.6) is 0 Å². The molecule has 1 unspecified atom stereocenters. The molecule has 3 heterocycles. The van der Waals surface area contributed by atoms with Crippen molar-refractivity contribution in [3.05, 3.63) is 35.8 Å². The van der Waals surface area contributed by atoms with Gasteiger partial charge in [-0.25, -0.2) is 9.97 Å². The second-order valence-corrected chi connectivity index (χ2v) is 7.06. The zero-order valence-corrected chi connectivity index (χ0v) is 15.9. The first-order valence-electron chi connectivity index (χ1n) is 8.91. The number of anilines is 1. The zero-order valence-electron chi connectivity index (χ0n) is 15.9. The smallest absolute Gasteiger partial charge is 0.219 e. The van der Waals surface area contributed by atoms with Gasteiger partial charge in [-0.15, -0.1) is 0 Å². The first-order valence-corrected chi connectivity index (χ1v) is 8.91. The Morgan fingerprint density at radius 1 is 1.38 bits per heavy atom. The van der Waals surface area contributed by atoms with Crippen molar-refractivity contribution in [1.29, 1.82) is 0 Å². The van der Waals surface area contributed by atoms with Gasteiger partial charge in [0.1, 0.15) is 5.82 Å². The molecule has 1 aliphatic rings. The number of nitrogens with zero attached hydrogens (tertiary/aromatic N) is 5. The Labute approximate surface area is 154 Å². The minimum Gasteiger partial charge on any atom is -0.366 e. The van der Waals surface area contributed by atoms with Crippen molar-refractivity contribution in [3.8, 4) is 11.4 Å². The normalized spacial score (nSPS) is 14.9. The van der Waals surface area contributed by atoms with Crippen LogP contribution in [0.4, 0.5) is 5.82 Å². The monoisotopic (exact) mass is 354 g/mol. The van der Waals surface area contributed by atoms with Crippen LogP contribution in [0.2, 0.25) is 0 Å². The summed E-state index contributed by atoms with van der Waals surface area (Å²) in [7, 11) is 4.11. The average Bonchev–Trinajstić information content (AvgIpc) is 2.61. The van der Waals surface area contributed by atoms with Crippen molar-refractivity contribution in [1.82, 2.24) is 24.8 Å². The van der Waals surface area contributed by atoms with E-state index in [0.29, 0.717) is 18.9 Å². The number of aromatic nitrogens is 3. The summed E-state index contributed by atoms with van der Waals surface area (Å²) in [5.74, 6) is 1.58. The molecule has 26 heavy (non-hydrogen) atoms. The van der Waals surface area contributed by atoms with E-state index in [-0.39, 0.29) is 11.9 Å². The van der Waals surface area contributed by atoms with Gasteiger partial charge in [0.2, 0.25) is 5.91 Å². The average molecular weight is 354 g/mol. The lowest BCUT2D eigenvalue weighted by Gasteiger charge is -2.29. The third kappa shape index (κ3) is 4.16. The molecule has 0 saturated carbocycles. The summed E-state index contributed by atoms with van der Waals surface area (Å²) in [6.07, 6.45) is 4.26. The summed E-state index contributed by atoms with van der Waals surface area (Å²) in [5, 5.41) is 3.54. The van der Waals surface area contributed by atoms with Gasteiger partial charge < -0.3 is 15.1 Å². The van der Waals surface area contributed by atoms with Gasteiger partial charge in [0.05, 0.1) is 12.2 Å². The molecule has 1 N–H and O–H groups in total. The highest BCUT2D eigenvalue weighted by molar-refractivity contribution is 5.74. The number of rotatable bonds is 5. The Morgan fingerprint density at radius 2 is 2.19 bits per heavy atom. The molecule has 7 heteroatoms. The van der Waals surface area contributed by atoms with Gasteiger partial charge in [-0.2, -0.15) is 0 Å². The molecule has 0 fully saturated rings. The molecule has 0 radical (unpaired) electrons. The van der Waals surface area contributed by atoms with E-state index in [1.54, 1.807) is 19.3 Å². The Balaban J connectivity index is 1.99. The summed E-state index contributed by atoms with van der Waals surface area (Å²) < 4.78 is 0. The van der Waals surface area contributed by atoms with Crippen molar-refractivity contribution in [2.75, 3.05) is 32.5 Å². The van der Waals surface area contributed by atoms with Gasteiger partial charge in [0, 0.05) is 49.6 Å². The van der Waals surface area contributed by atoms with Crippen molar-refractivity contribution in [2.24, 2.45) is 0 Å². The van der Waals surface area contributed by atoms with Crippen LogP contribution >= 0.6 is 0 Å². The van der Waals surface area contributed by atoms with Crippen LogP contribution in [0.3, 0.4) is 0 Å². The van der Waals surface area contributed by atoms with Crippen molar-refractivity contribution < 1.29 is 4.79 Å². The lowest BCUT2D eigenvalue weighted by Crippen LogP contribution is -2.36. The molecule has 0 aromatic carbocycles. The number of fused-ring (bicyclic) bond motifs is 1. The molecule has 1 amide bonds. The Bertz CT molecular complexity index is 777. The largest absolute Gasteiger partial charge is 0.366 e. The van der Waals surface area contributed by atoms with Crippen molar-refractivity contribution >= 4 is 11.7 Å². The Morgan fingerprint density at radius 3 is 2.85 bits per heavy atom. The van der Waals surface area contributed by atoms with Gasteiger partial charge in [-0.05, 0) is 39.6 Å². The van der Waals surface area contributed by atoms with E-state index >= 15 is 0 Å². The van der Waals surface area contributed by atoms with Gasteiger partial charge in [0.15, 0.2) is 5.82 Å². The highest BCUT2D eigenvalue weighted by Gasteiger charge is 2.24. The number of carbonyl (C=O) groups excluding carboxylic acids is 1. The summed E-state index contributed by atoms with van der Waals surface area (Å²) in [5.41, 5.74) is 2.90. The fourth-order valence-corrected chi connectivity index (χ4v) is 3.27. The Kier molecular flexibility index (Phi) is 5.46. The first-order chi connectivity index (χ1) is 12.4. The van der Waals surface area contributed by atoms with Crippen LogP contribution in [0.1, 0.15) is 25.1 Å². The number of amides is 1. The van der Waals surface area contributed by atoms with Crippen LogP contribution in [0.25, 0.3) is 11.4 Å². The predicted molar refractivity (Wildman–Crippen MR) is 102 cm³/mol. The molecule has 1 aliphatic heterocycles. The van der Waals surface area contributed by atoms with E-state index in [9.17, 15) is 4.79 Å². The highest BCUT2D eigenvalue weighted by atomic mass is 16.2. The van der Waals surface area contributed by atoms with Crippen LogP contribution in [-0.2, 0) is 17.8 Å². The number of hydrogen-bond acceptors (Lipinski definition) is 6. The second kappa shape index (κ2) is 7.78. The van der Waals surface area contributed by atoms with Gasteiger partial charge in [-0.1, -0.05) is 0 Å². The summed E-state index contributed by atoms with van der Waals surface area (Å²) in [6.45, 7) is 5.88. The molecule has 138 valence electrons. The van der Waals surface area contributed by atoms with Crippen molar-refractivity contribution in [3.63, 3.8) is 0 Å².